The summed E-state index contributed by atoms with van der Waals surface area (Å²) in [6, 6.07) is 9.52. The Morgan fingerprint density at radius 2 is 1.93 bits per heavy atom. The van der Waals surface area contributed by atoms with Crippen molar-refractivity contribution in [2.75, 3.05) is 26.0 Å². The minimum absolute atomic E-state index is 0.271. The van der Waals surface area contributed by atoms with Crippen molar-refractivity contribution >= 4 is 39.1 Å². The van der Waals surface area contributed by atoms with Crippen LogP contribution in [0.25, 0.3) is 10.2 Å². The van der Waals surface area contributed by atoms with E-state index in [4.69, 9.17) is 15.2 Å². The fourth-order valence-corrected chi connectivity index (χ4v) is 4.12. The van der Waals surface area contributed by atoms with Gasteiger partial charge >= 0.3 is 5.97 Å². The van der Waals surface area contributed by atoms with E-state index in [1.165, 1.54) is 11.3 Å². The first kappa shape index (κ1) is 20.6. The highest BCUT2D eigenvalue weighted by atomic mass is 32.1. The number of benzene rings is 1. The third-order valence-corrected chi connectivity index (χ3v) is 5.52. The molecule has 3 N–H and O–H groups in total. The van der Waals surface area contributed by atoms with Crippen LogP contribution in [0.1, 0.15) is 26.5 Å². The van der Waals surface area contributed by atoms with Gasteiger partial charge in [0.15, 0.2) is 6.61 Å². The van der Waals surface area contributed by atoms with E-state index in [1.807, 2.05) is 44.2 Å². The maximum absolute atomic E-state index is 12.4. The van der Waals surface area contributed by atoms with Crippen LogP contribution in [-0.4, -0.2) is 37.1 Å². The zero-order chi connectivity index (χ0) is 21.0. The van der Waals surface area contributed by atoms with Gasteiger partial charge in [-0.1, -0.05) is 12.1 Å². The molecule has 29 heavy (non-hydrogen) atoms. The van der Waals surface area contributed by atoms with Crippen LogP contribution < -0.4 is 15.8 Å². The highest BCUT2D eigenvalue weighted by Crippen LogP contribution is 2.35. The van der Waals surface area contributed by atoms with E-state index in [1.54, 1.807) is 7.11 Å². The molecule has 8 heteroatoms. The smallest absolute Gasteiger partial charge is 0.351 e. The molecular weight excluding hydrogens is 390 g/mol. The Hall–Kier alpha value is -3.13. The maximum atomic E-state index is 12.4. The molecule has 0 atom stereocenters. The minimum atomic E-state index is -0.618. The number of esters is 1. The van der Waals surface area contributed by atoms with E-state index in [9.17, 15) is 9.59 Å². The van der Waals surface area contributed by atoms with Crippen molar-refractivity contribution in [1.82, 2.24) is 10.3 Å². The van der Waals surface area contributed by atoms with Crippen molar-refractivity contribution in [3.8, 4) is 5.75 Å². The van der Waals surface area contributed by atoms with Crippen LogP contribution in [0.4, 0.5) is 5.69 Å². The van der Waals surface area contributed by atoms with Crippen molar-refractivity contribution in [3.05, 3.63) is 52.0 Å². The van der Waals surface area contributed by atoms with Gasteiger partial charge in [-0.05, 0) is 49.6 Å². The summed E-state index contributed by atoms with van der Waals surface area (Å²) in [7, 11) is 1.61. The number of nitrogens with one attached hydrogen (secondary N) is 1. The van der Waals surface area contributed by atoms with Gasteiger partial charge in [-0.3, -0.25) is 4.79 Å². The van der Waals surface area contributed by atoms with Gasteiger partial charge < -0.3 is 20.5 Å². The summed E-state index contributed by atoms with van der Waals surface area (Å²) >= 11 is 1.18. The normalized spacial score (nSPS) is 10.7. The van der Waals surface area contributed by atoms with Crippen molar-refractivity contribution in [2.45, 2.75) is 20.3 Å². The minimum Gasteiger partial charge on any atom is -0.497 e. The molecule has 0 aliphatic rings. The summed E-state index contributed by atoms with van der Waals surface area (Å²) in [6.07, 6.45) is 0.664. The quantitative estimate of drug-likeness (QED) is 0.577. The monoisotopic (exact) mass is 413 g/mol. The Kier molecular flexibility index (Phi) is 6.33. The fourth-order valence-electron chi connectivity index (χ4n) is 3.01. The van der Waals surface area contributed by atoms with Crippen LogP contribution in [0.15, 0.2) is 30.3 Å². The first-order chi connectivity index (χ1) is 13.9. The highest BCUT2D eigenvalue weighted by Gasteiger charge is 2.20. The van der Waals surface area contributed by atoms with Crippen molar-refractivity contribution < 1.29 is 19.1 Å². The van der Waals surface area contributed by atoms with E-state index in [2.05, 4.69) is 10.3 Å². The number of carbonyl (C=O) groups excluding carboxylic acids is 2. The number of aromatic nitrogens is 1. The molecule has 2 aromatic heterocycles. The number of nitrogens with zero attached hydrogens (tertiary/aromatic N) is 1. The van der Waals surface area contributed by atoms with Gasteiger partial charge in [-0.15, -0.1) is 11.3 Å². The number of rotatable bonds is 7. The average Bonchev–Trinajstić information content (AvgIpc) is 3.03. The second-order valence-corrected chi connectivity index (χ2v) is 7.63. The van der Waals surface area contributed by atoms with Crippen LogP contribution in [0.2, 0.25) is 0 Å². The first-order valence-electron chi connectivity index (χ1n) is 9.12. The number of hydrogen-bond donors (Lipinski definition) is 2. The number of thiophene rings is 1. The average molecular weight is 413 g/mol. The topological polar surface area (TPSA) is 104 Å². The van der Waals surface area contributed by atoms with Crippen LogP contribution >= 0.6 is 11.3 Å². The molecule has 3 rings (SSSR count). The Balaban J connectivity index is 1.52. The summed E-state index contributed by atoms with van der Waals surface area (Å²) in [5.41, 5.74) is 9.35. The molecule has 0 bridgehead atoms. The van der Waals surface area contributed by atoms with Gasteiger partial charge in [-0.25, -0.2) is 9.78 Å². The van der Waals surface area contributed by atoms with Crippen LogP contribution in [-0.2, 0) is 16.0 Å². The Morgan fingerprint density at radius 3 is 2.62 bits per heavy atom. The number of aryl methyl sites for hydroxylation is 2. The molecule has 152 valence electrons. The maximum Gasteiger partial charge on any atom is 0.351 e. The highest BCUT2D eigenvalue weighted by molar-refractivity contribution is 7.21. The van der Waals surface area contributed by atoms with Crippen molar-refractivity contribution in [3.63, 3.8) is 0 Å². The van der Waals surface area contributed by atoms with Crippen LogP contribution in [0.3, 0.4) is 0 Å². The summed E-state index contributed by atoms with van der Waals surface area (Å²) in [5.74, 6) is -0.199. The van der Waals surface area contributed by atoms with Gasteiger partial charge in [0.05, 0.1) is 12.8 Å². The summed E-state index contributed by atoms with van der Waals surface area (Å²) < 4.78 is 10.3. The van der Waals surface area contributed by atoms with Crippen molar-refractivity contribution in [1.29, 1.82) is 0 Å². The molecule has 2 heterocycles. The van der Waals surface area contributed by atoms with Gasteiger partial charge in [0.1, 0.15) is 15.5 Å². The number of fused-ring (bicyclic) bond motifs is 1. The Labute approximate surface area is 172 Å². The predicted molar refractivity (Wildman–Crippen MR) is 113 cm³/mol. The molecule has 0 aliphatic carbocycles. The molecule has 3 aromatic rings. The summed E-state index contributed by atoms with van der Waals surface area (Å²) in [6.45, 7) is 3.89. The molecule has 0 fully saturated rings. The zero-order valence-electron chi connectivity index (χ0n) is 16.6. The first-order valence-corrected chi connectivity index (χ1v) is 9.93. The molecule has 1 aromatic carbocycles. The number of pyridine rings is 1. The molecule has 0 radical (unpaired) electrons. The molecule has 1 amide bonds. The number of carbonyl (C=O) groups is 2. The number of nitrogens with two attached hydrogens (primary N) is 1. The standard InChI is InChI=1S/C21H23N3O4S/c1-12-10-13(2)24-20-17(12)18(22)19(29-20)21(26)28-11-16(25)23-9-8-14-4-6-15(27-3)7-5-14/h4-7,10H,8-9,11,22H2,1-3H3,(H,23,25). The summed E-state index contributed by atoms with van der Waals surface area (Å²) in [5, 5.41) is 3.50. The molecule has 7 nitrogen and oxygen atoms in total. The molecule has 0 aliphatic heterocycles. The zero-order valence-corrected chi connectivity index (χ0v) is 17.4. The lowest BCUT2D eigenvalue weighted by molar-refractivity contribution is -0.124. The van der Waals surface area contributed by atoms with Gasteiger partial charge in [0.25, 0.3) is 5.91 Å². The van der Waals surface area contributed by atoms with Gasteiger partial charge in [0.2, 0.25) is 0 Å². The predicted octanol–water partition coefficient (Wildman–Crippen LogP) is 3.02. The van der Waals surface area contributed by atoms with E-state index in [0.717, 1.165) is 28.0 Å². The number of amides is 1. The third kappa shape index (κ3) is 4.83. The molecule has 0 saturated heterocycles. The second kappa shape index (κ2) is 8.91. The van der Waals surface area contributed by atoms with Crippen molar-refractivity contribution in [2.24, 2.45) is 0 Å². The Morgan fingerprint density at radius 1 is 1.21 bits per heavy atom. The SMILES string of the molecule is COc1ccc(CCNC(=O)COC(=O)c2sc3nc(C)cc(C)c3c2N)cc1. The molecule has 0 saturated carbocycles. The number of anilines is 1. The van der Waals surface area contributed by atoms with Crippen LogP contribution in [0.5, 0.6) is 5.75 Å². The molecular formula is C21H23N3O4S. The molecule has 0 unspecified atom stereocenters. The van der Waals surface area contributed by atoms with Crippen LogP contribution in [0, 0.1) is 13.8 Å². The van der Waals surface area contributed by atoms with E-state index < -0.39 is 5.97 Å². The summed E-state index contributed by atoms with van der Waals surface area (Å²) in [4.78, 5) is 29.7. The molecule has 0 spiro atoms. The second-order valence-electron chi connectivity index (χ2n) is 6.63. The Bertz CT molecular complexity index is 1040. The fraction of sp³-hybridized carbons (Fsp3) is 0.286. The van der Waals surface area contributed by atoms with Gasteiger partial charge in [-0.2, -0.15) is 0 Å². The van der Waals surface area contributed by atoms with E-state index >= 15 is 0 Å². The lowest BCUT2D eigenvalue weighted by atomic mass is 10.1. The van der Waals surface area contributed by atoms with Gasteiger partial charge in [0, 0.05) is 17.6 Å². The lowest BCUT2D eigenvalue weighted by Crippen LogP contribution is -2.30. The number of ether oxygens (including phenoxy) is 2. The number of nitrogen functional groups attached to an aromatic ring is 1. The largest absolute Gasteiger partial charge is 0.497 e. The number of hydrogen-bond acceptors (Lipinski definition) is 7. The van der Waals surface area contributed by atoms with E-state index in [0.29, 0.717) is 23.5 Å². The van der Waals surface area contributed by atoms with E-state index in [-0.39, 0.29) is 17.4 Å². The lowest BCUT2D eigenvalue weighted by Gasteiger charge is -2.07. The third-order valence-electron chi connectivity index (χ3n) is 4.44. The number of methoxy groups -OCH3 is 1.